The van der Waals surface area contributed by atoms with Gasteiger partial charge in [-0.25, -0.2) is 0 Å². The molecule has 0 saturated heterocycles. The van der Waals surface area contributed by atoms with Gasteiger partial charge in [-0.3, -0.25) is 4.79 Å². The summed E-state index contributed by atoms with van der Waals surface area (Å²) in [6.45, 7) is 0.447. The quantitative estimate of drug-likeness (QED) is 0.911. The van der Waals surface area contributed by atoms with Crippen molar-refractivity contribution in [2.24, 2.45) is 0 Å². The van der Waals surface area contributed by atoms with Crippen LogP contribution in [0.5, 0.6) is 5.75 Å². The first-order valence-corrected chi connectivity index (χ1v) is 6.31. The highest BCUT2D eigenvalue weighted by Crippen LogP contribution is 2.10. The van der Waals surface area contributed by atoms with Crippen LogP contribution in [-0.4, -0.2) is 12.5 Å². The summed E-state index contributed by atoms with van der Waals surface area (Å²) in [5.74, 6) is 0.518. The Bertz CT molecular complexity index is 543. The van der Waals surface area contributed by atoms with Crippen LogP contribution in [0.3, 0.4) is 0 Å². The van der Waals surface area contributed by atoms with Gasteiger partial charge in [0.15, 0.2) is 6.61 Å². The lowest BCUT2D eigenvalue weighted by Crippen LogP contribution is -2.28. The number of rotatable bonds is 5. The zero-order valence-corrected chi connectivity index (χ0v) is 11.1. The molecule has 0 aliphatic heterocycles. The Kier molecular flexibility index (Phi) is 4.81. The second kappa shape index (κ2) is 6.81. The highest BCUT2D eigenvalue weighted by Gasteiger charge is 2.02. The number of hydrogen-bond donors (Lipinski definition) is 1. The summed E-state index contributed by atoms with van der Waals surface area (Å²) in [5, 5.41) is 3.43. The highest BCUT2D eigenvalue weighted by molar-refractivity contribution is 6.30. The molecular formula is C15H14ClNO2. The zero-order chi connectivity index (χ0) is 13.5. The molecule has 4 heteroatoms. The Labute approximate surface area is 117 Å². The SMILES string of the molecule is O=C(COc1ccccc1)NCc1cccc(Cl)c1. The van der Waals surface area contributed by atoms with E-state index < -0.39 is 0 Å². The monoisotopic (exact) mass is 275 g/mol. The van der Waals surface area contributed by atoms with Gasteiger partial charge in [-0.1, -0.05) is 41.9 Å². The standard InChI is InChI=1S/C15H14ClNO2/c16-13-6-4-5-12(9-13)10-17-15(18)11-19-14-7-2-1-3-8-14/h1-9H,10-11H2,(H,17,18). The van der Waals surface area contributed by atoms with Gasteiger partial charge in [0.25, 0.3) is 5.91 Å². The molecule has 0 fully saturated rings. The minimum Gasteiger partial charge on any atom is -0.484 e. The molecule has 19 heavy (non-hydrogen) atoms. The molecule has 0 heterocycles. The van der Waals surface area contributed by atoms with Gasteiger partial charge in [-0.2, -0.15) is 0 Å². The molecular weight excluding hydrogens is 262 g/mol. The third kappa shape index (κ3) is 4.64. The van der Waals surface area contributed by atoms with E-state index >= 15 is 0 Å². The van der Waals surface area contributed by atoms with Crippen molar-refractivity contribution in [1.29, 1.82) is 0 Å². The molecule has 0 aliphatic rings. The number of amides is 1. The van der Waals surface area contributed by atoms with Gasteiger partial charge < -0.3 is 10.1 Å². The summed E-state index contributed by atoms with van der Waals surface area (Å²) in [6, 6.07) is 16.6. The summed E-state index contributed by atoms with van der Waals surface area (Å²) in [4.78, 5) is 11.6. The van der Waals surface area contributed by atoms with Crippen LogP contribution in [0, 0.1) is 0 Å². The number of ether oxygens (including phenoxy) is 1. The number of nitrogens with one attached hydrogen (secondary N) is 1. The minimum absolute atomic E-state index is 0.00454. The minimum atomic E-state index is -0.163. The van der Waals surface area contributed by atoms with Crippen LogP contribution >= 0.6 is 11.6 Å². The zero-order valence-electron chi connectivity index (χ0n) is 10.3. The second-order valence-corrected chi connectivity index (χ2v) is 4.44. The Morgan fingerprint density at radius 2 is 1.89 bits per heavy atom. The molecule has 3 nitrogen and oxygen atoms in total. The van der Waals surface area contributed by atoms with Crippen molar-refractivity contribution in [2.45, 2.75) is 6.54 Å². The van der Waals surface area contributed by atoms with Gasteiger partial charge in [-0.05, 0) is 29.8 Å². The van der Waals surface area contributed by atoms with Crippen LogP contribution in [-0.2, 0) is 11.3 Å². The molecule has 1 N–H and O–H groups in total. The third-order valence-electron chi connectivity index (χ3n) is 2.49. The van der Waals surface area contributed by atoms with Crippen LogP contribution in [0.15, 0.2) is 54.6 Å². The van der Waals surface area contributed by atoms with E-state index in [1.807, 2.05) is 48.5 Å². The maximum Gasteiger partial charge on any atom is 0.258 e. The van der Waals surface area contributed by atoms with Crippen LogP contribution in [0.2, 0.25) is 5.02 Å². The molecule has 0 spiro atoms. The van der Waals surface area contributed by atoms with Gasteiger partial charge in [0, 0.05) is 11.6 Å². The number of carbonyl (C=O) groups is 1. The average Bonchev–Trinajstić information content (AvgIpc) is 2.44. The van der Waals surface area contributed by atoms with E-state index in [1.165, 1.54) is 0 Å². The topological polar surface area (TPSA) is 38.3 Å². The molecule has 2 aromatic rings. The van der Waals surface area contributed by atoms with E-state index in [0.29, 0.717) is 17.3 Å². The van der Waals surface area contributed by atoms with Gasteiger partial charge in [0.1, 0.15) is 5.75 Å². The third-order valence-corrected chi connectivity index (χ3v) is 2.73. The fourth-order valence-corrected chi connectivity index (χ4v) is 1.78. The summed E-state index contributed by atoms with van der Waals surface area (Å²) in [5.41, 5.74) is 0.959. The van der Waals surface area contributed by atoms with Crippen LogP contribution in [0.1, 0.15) is 5.56 Å². The number of halogens is 1. The van der Waals surface area contributed by atoms with Crippen molar-refractivity contribution >= 4 is 17.5 Å². The van der Waals surface area contributed by atoms with Gasteiger partial charge in [-0.15, -0.1) is 0 Å². The Balaban J connectivity index is 1.76. The van der Waals surface area contributed by atoms with Gasteiger partial charge in [0.2, 0.25) is 0 Å². The first-order chi connectivity index (χ1) is 9.24. The van der Waals surface area contributed by atoms with Crippen LogP contribution in [0.4, 0.5) is 0 Å². The molecule has 1 amide bonds. The van der Waals surface area contributed by atoms with E-state index in [4.69, 9.17) is 16.3 Å². The van der Waals surface area contributed by atoms with E-state index in [2.05, 4.69) is 5.32 Å². The fraction of sp³-hybridized carbons (Fsp3) is 0.133. The lowest BCUT2D eigenvalue weighted by Gasteiger charge is -2.07. The Morgan fingerprint density at radius 3 is 2.63 bits per heavy atom. The number of hydrogen-bond acceptors (Lipinski definition) is 2. The van der Waals surface area contributed by atoms with E-state index in [9.17, 15) is 4.79 Å². The molecule has 0 aromatic heterocycles. The first kappa shape index (κ1) is 13.4. The van der Waals surface area contributed by atoms with Crippen LogP contribution in [0.25, 0.3) is 0 Å². The number of benzene rings is 2. The Morgan fingerprint density at radius 1 is 1.11 bits per heavy atom. The largest absolute Gasteiger partial charge is 0.484 e. The van der Waals surface area contributed by atoms with Crippen molar-refractivity contribution in [3.8, 4) is 5.75 Å². The predicted octanol–water partition coefficient (Wildman–Crippen LogP) is 3.04. The van der Waals surface area contributed by atoms with Gasteiger partial charge in [0.05, 0.1) is 0 Å². The van der Waals surface area contributed by atoms with Crippen molar-refractivity contribution in [2.75, 3.05) is 6.61 Å². The smallest absolute Gasteiger partial charge is 0.258 e. The van der Waals surface area contributed by atoms with Crippen LogP contribution < -0.4 is 10.1 Å². The van der Waals surface area contributed by atoms with Crippen molar-refractivity contribution in [3.63, 3.8) is 0 Å². The van der Waals surface area contributed by atoms with E-state index in [-0.39, 0.29) is 12.5 Å². The summed E-state index contributed by atoms with van der Waals surface area (Å²) in [7, 11) is 0. The molecule has 0 saturated carbocycles. The molecule has 2 rings (SSSR count). The number of para-hydroxylation sites is 1. The fourth-order valence-electron chi connectivity index (χ4n) is 1.56. The average molecular weight is 276 g/mol. The van der Waals surface area contributed by atoms with Gasteiger partial charge >= 0.3 is 0 Å². The molecule has 0 aliphatic carbocycles. The molecule has 0 bridgehead atoms. The first-order valence-electron chi connectivity index (χ1n) is 5.93. The molecule has 0 radical (unpaired) electrons. The summed E-state index contributed by atoms with van der Waals surface area (Å²) < 4.78 is 5.34. The van der Waals surface area contributed by atoms with E-state index in [1.54, 1.807) is 6.07 Å². The molecule has 0 unspecified atom stereocenters. The summed E-state index contributed by atoms with van der Waals surface area (Å²) in [6.07, 6.45) is 0. The lowest BCUT2D eigenvalue weighted by atomic mass is 10.2. The normalized spacial score (nSPS) is 9.95. The number of carbonyl (C=O) groups excluding carboxylic acids is 1. The molecule has 98 valence electrons. The molecule has 2 aromatic carbocycles. The van der Waals surface area contributed by atoms with E-state index in [0.717, 1.165) is 5.56 Å². The lowest BCUT2D eigenvalue weighted by molar-refractivity contribution is -0.123. The highest BCUT2D eigenvalue weighted by atomic mass is 35.5. The second-order valence-electron chi connectivity index (χ2n) is 4.01. The maximum atomic E-state index is 11.6. The Hall–Kier alpha value is -2.00. The maximum absolute atomic E-state index is 11.6. The van der Waals surface area contributed by atoms with Crippen molar-refractivity contribution < 1.29 is 9.53 Å². The summed E-state index contributed by atoms with van der Waals surface area (Å²) >= 11 is 5.86. The van der Waals surface area contributed by atoms with Crippen molar-refractivity contribution in [1.82, 2.24) is 5.32 Å². The molecule has 0 atom stereocenters. The predicted molar refractivity (Wildman–Crippen MR) is 75.2 cm³/mol. The van der Waals surface area contributed by atoms with Crippen molar-refractivity contribution in [3.05, 3.63) is 65.2 Å².